The van der Waals surface area contributed by atoms with Gasteiger partial charge in [-0.15, -0.1) is 0 Å². The summed E-state index contributed by atoms with van der Waals surface area (Å²) in [4.78, 5) is 19.9. The van der Waals surface area contributed by atoms with Gasteiger partial charge in [-0.05, 0) is 75.0 Å². The van der Waals surface area contributed by atoms with Crippen LogP contribution in [0.5, 0.6) is 0 Å². The number of aromatic nitrogens is 2. The van der Waals surface area contributed by atoms with Crippen LogP contribution < -0.4 is 5.32 Å². The van der Waals surface area contributed by atoms with E-state index in [0.717, 1.165) is 31.4 Å². The van der Waals surface area contributed by atoms with Crippen molar-refractivity contribution >= 4 is 17.5 Å². The molecule has 6 nitrogen and oxygen atoms in total. The van der Waals surface area contributed by atoms with Gasteiger partial charge in [-0.1, -0.05) is 47.4 Å². The maximum atomic E-state index is 13.1. The molecule has 0 bridgehead atoms. The average Bonchev–Trinajstić information content (AvgIpc) is 3.27. The second-order valence-corrected chi connectivity index (χ2v) is 9.36. The number of likely N-dealkylation sites (tertiary alicyclic amines) is 1. The highest BCUT2D eigenvalue weighted by atomic mass is 35.5. The summed E-state index contributed by atoms with van der Waals surface area (Å²) in [6, 6.07) is 13.8. The Morgan fingerprint density at radius 3 is 2.76 bits per heavy atom. The summed E-state index contributed by atoms with van der Waals surface area (Å²) >= 11 is 5.96. The Morgan fingerprint density at radius 2 is 2.03 bits per heavy atom. The fraction of sp³-hybridized carbons (Fsp3) is 0.423. The van der Waals surface area contributed by atoms with E-state index < -0.39 is 0 Å². The molecule has 174 valence electrons. The SMILES string of the molecule is CCC(NC(=O)C1CCCN(Cc2nc(-c3ccc(Cl)cc3)no2)C1)c1ccc(C)cc1C. The van der Waals surface area contributed by atoms with Crippen LogP contribution in [-0.4, -0.2) is 34.0 Å². The molecule has 3 aromatic rings. The van der Waals surface area contributed by atoms with Crippen molar-refractivity contribution in [2.45, 2.75) is 52.6 Å². The number of benzene rings is 2. The minimum absolute atomic E-state index is 0.0337. The Balaban J connectivity index is 1.37. The number of piperidine rings is 1. The van der Waals surface area contributed by atoms with Gasteiger partial charge in [-0.2, -0.15) is 4.98 Å². The lowest BCUT2D eigenvalue weighted by Crippen LogP contribution is -2.43. The first kappa shape index (κ1) is 23.5. The minimum atomic E-state index is -0.0442. The highest BCUT2D eigenvalue weighted by Crippen LogP contribution is 2.25. The fourth-order valence-electron chi connectivity index (χ4n) is 4.55. The third-order valence-electron chi connectivity index (χ3n) is 6.33. The molecule has 2 atom stereocenters. The molecule has 4 rings (SSSR count). The van der Waals surface area contributed by atoms with Gasteiger partial charge in [0, 0.05) is 17.1 Å². The van der Waals surface area contributed by atoms with Crippen LogP contribution in [0, 0.1) is 19.8 Å². The predicted octanol–water partition coefficient (Wildman–Crippen LogP) is 5.49. The molecular formula is C26H31ClN4O2. The predicted molar refractivity (Wildman–Crippen MR) is 130 cm³/mol. The summed E-state index contributed by atoms with van der Waals surface area (Å²) in [7, 11) is 0. The van der Waals surface area contributed by atoms with Crippen molar-refractivity contribution in [2.75, 3.05) is 13.1 Å². The third-order valence-corrected chi connectivity index (χ3v) is 6.58. The van der Waals surface area contributed by atoms with Gasteiger partial charge in [0.05, 0.1) is 18.5 Å². The van der Waals surface area contributed by atoms with Crippen molar-refractivity contribution in [3.8, 4) is 11.4 Å². The van der Waals surface area contributed by atoms with E-state index in [9.17, 15) is 4.79 Å². The van der Waals surface area contributed by atoms with Crippen molar-refractivity contribution in [2.24, 2.45) is 5.92 Å². The molecule has 1 aliphatic rings. The summed E-state index contributed by atoms with van der Waals surface area (Å²) in [6.45, 7) is 8.46. The molecule has 0 radical (unpaired) electrons. The first-order valence-corrected chi connectivity index (χ1v) is 12.0. The van der Waals surface area contributed by atoms with E-state index in [4.69, 9.17) is 16.1 Å². The van der Waals surface area contributed by atoms with E-state index in [1.807, 2.05) is 24.3 Å². The molecule has 1 N–H and O–H groups in total. The van der Waals surface area contributed by atoms with Crippen molar-refractivity contribution in [1.29, 1.82) is 0 Å². The number of rotatable bonds is 7. The maximum Gasteiger partial charge on any atom is 0.241 e. The Morgan fingerprint density at radius 1 is 1.24 bits per heavy atom. The third kappa shape index (κ3) is 5.81. The molecule has 7 heteroatoms. The van der Waals surface area contributed by atoms with Gasteiger partial charge in [0.1, 0.15) is 0 Å². The molecule has 2 heterocycles. The van der Waals surface area contributed by atoms with E-state index in [0.29, 0.717) is 29.8 Å². The second kappa shape index (κ2) is 10.5. The molecular weight excluding hydrogens is 436 g/mol. The normalized spacial score (nSPS) is 17.6. The molecule has 1 saturated heterocycles. The lowest BCUT2D eigenvalue weighted by molar-refractivity contribution is -0.127. The Hall–Kier alpha value is -2.70. The second-order valence-electron chi connectivity index (χ2n) is 8.92. The number of nitrogens with one attached hydrogen (secondary N) is 1. The number of hydrogen-bond acceptors (Lipinski definition) is 5. The molecule has 2 unspecified atom stereocenters. The largest absolute Gasteiger partial charge is 0.349 e. The first-order valence-electron chi connectivity index (χ1n) is 11.6. The van der Waals surface area contributed by atoms with E-state index in [1.165, 1.54) is 16.7 Å². The highest BCUT2D eigenvalue weighted by Gasteiger charge is 2.28. The Kier molecular flexibility index (Phi) is 7.46. The van der Waals surface area contributed by atoms with Crippen LogP contribution in [0.15, 0.2) is 47.0 Å². The van der Waals surface area contributed by atoms with Crippen LogP contribution in [0.4, 0.5) is 0 Å². The van der Waals surface area contributed by atoms with Crippen LogP contribution in [0.2, 0.25) is 5.02 Å². The zero-order chi connectivity index (χ0) is 23.4. The summed E-state index contributed by atoms with van der Waals surface area (Å²) in [6.07, 6.45) is 2.73. The quantitative estimate of drug-likeness (QED) is 0.498. The number of nitrogens with zero attached hydrogens (tertiary/aromatic N) is 3. The van der Waals surface area contributed by atoms with Gasteiger partial charge in [0.15, 0.2) is 0 Å². The smallest absolute Gasteiger partial charge is 0.241 e. The molecule has 1 amide bonds. The monoisotopic (exact) mass is 466 g/mol. The fourth-order valence-corrected chi connectivity index (χ4v) is 4.67. The summed E-state index contributed by atoms with van der Waals surface area (Å²) in [5.74, 6) is 1.19. The Labute approximate surface area is 200 Å². The molecule has 1 aromatic heterocycles. The van der Waals surface area contributed by atoms with Gasteiger partial charge in [0.2, 0.25) is 17.6 Å². The highest BCUT2D eigenvalue weighted by molar-refractivity contribution is 6.30. The Bertz CT molecular complexity index is 1100. The maximum absolute atomic E-state index is 13.1. The summed E-state index contributed by atoms with van der Waals surface area (Å²) < 4.78 is 5.47. The van der Waals surface area contributed by atoms with Crippen LogP contribution in [0.1, 0.15) is 54.8 Å². The number of amides is 1. The number of carbonyl (C=O) groups is 1. The number of carbonyl (C=O) groups excluding carboxylic acids is 1. The van der Waals surface area contributed by atoms with Crippen LogP contribution >= 0.6 is 11.6 Å². The standard InChI is InChI=1S/C26H31ClN4O2/c1-4-23(22-12-7-17(2)14-18(22)3)28-26(32)20-6-5-13-31(15-20)16-24-29-25(30-33-24)19-8-10-21(27)11-9-19/h7-12,14,20,23H,4-6,13,15-16H2,1-3H3,(H,28,32). The lowest BCUT2D eigenvalue weighted by Gasteiger charge is -2.32. The minimum Gasteiger partial charge on any atom is -0.349 e. The zero-order valence-electron chi connectivity index (χ0n) is 19.5. The molecule has 0 aliphatic carbocycles. The summed E-state index contributed by atoms with van der Waals surface area (Å²) in [5.41, 5.74) is 4.52. The molecule has 0 saturated carbocycles. The summed E-state index contributed by atoms with van der Waals surface area (Å²) in [5, 5.41) is 8.07. The number of aryl methyl sites for hydroxylation is 2. The van der Waals surface area contributed by atoms with Gasteiger partial charge < -0.3 is 9.84 Å². The molecule has 1 fully saturated rings. The van der Waals surface area contributed by atoms with E-state index in [-0.39, 0.29) is 17.9 Å². The topological polar surface area (TPSA) is 71.3 Å². The van der Waals surface area contributed by atoms with E-state index in [2.05, 4.69) is 59.3 Å². The molecule has 1 aliphatic heterocycles. The first-order chi connectivity index (χ1) is 15.9. The van der Waals surface area contributed by atoms with Gasteiger partial charge in [-0.3, -0.25) is 9.69 Å². The van der Waals surface area contributed by atoms with Crippen molar-refractivity contribution < 1.29 is 9.32 Å². The van der Waals surface area contributed by atoms with Gasteiger partial charge >= 0.3 is 0 Å². The number of halogens is 1. The van der Waals surface area contributed by atoms with E-state index >= 15 is 0 Å². The van der Waals surface area contributed by atoms with Crippen molar-refractivity contribution in [3.05, 3.63) is 70.1 Å². The number of hydrogen-bond donors (Lipinski definition) is 1. The lowest BCUT2D eigenvalue weighted by atomic mass is 9.94. The molecule has 33 heavy (non-hydrogen) atoms. The van der Waals surface area contributed by atoms with Crippen LogP contribution in [-0.2, 0) is 11.3 Å². The van der Waals surface area contributed by atoms with Gasteiger partial charge in [-0.25, -0.2) is 0 Å². The van der Waals surface area contributed by atoms with Crippen molar-refractivity contribution in [3.63, 3.8) is 0 Å². The van der Waals surface area contributed by atoms with Crippen LogP contribution in [0.25, 0.3) is 11.4 Å². The zero-order valence-corrected chi connectivity index (χ0v) is 20.2. The van der Waals surface area contributed by atoms with E-state index in [1.54, 1.807) is 0 Å². The van der Waals surface area contributed by atoms with Gasteiger partial charge in [0.25, 0.3) is 0 Å². The molecule has 0 spiro atoms. The van der Waals surface area contributed by atoms with Crippen LogP contribution in [0.3, 0.4) is 0 Å². The molecule has 2 aromatic carbocycles. The van der Waals surface area contributed by atoms with Crippen molar-refractivity contribution in [1.82, 2.24) is 20.4 Å². The average molecular weight is 467 g/mol.